The highest BCUT2D eigenvalue weighted by molar-refractivity contribution is 9.10. The number of carbonyl (C=O) groups is 2. The molecule has 0 saturated heterocycles. The maximum atomic E-state index is 11.9. The minimum Gasteiger partial charge on any atom is -0.493 e. The number of esters is 2. The molecule has 0 amide bonds. The molecule has 0 atom stereocenters. The predicted octanol–water partition coefficient (Wildman–Crippen LogP) is 6.38. The van der Waals surface area contributed by atoms with E-state index in [1.54, 1.807) is 18.2 Å². The third-order valence-electron chi connectivity index (χ3n) is 4.36. The van der Waals surface area contributed by atoms with Gasteiger partial charge in [0.2, 0.25) is 0 Å². The average Bonchev–Trinajstić information content (AvgIpc) is 2.71. The molecule has 0 fully saturated rings. The van der Waals surface area contributed by atoms with Gasteiger partial charge in [0.1, 0.15) is 6.61 Å². The van der Waals surface area contributed by atoms with Crippen molar-refractivity contribution >= 4 is 27.9 Å². The van der Waals surface area contributed by atoms with Gasteiger partial charge in [0.15, 0.2) is 11.5 Å². The molecule has 0 unspecified atom stereocenters. The summed E-state index contributed by atoms with van der Waals surface area (Å²) in [4.78, 5) is 23.7. The van der Waals surface area contributed by atoms with Gasteiger partial charge < -0.3 is 14.2 Å². The van der Waals surface area contributed by atoms with Crippen LogP contribution in [-0.2, 0) is 14.3 Å². The number of hydrogen-bond acceptors (Lipinski definition) is 5. The van der Waals surface area contributed by atoms with Crippen molar-refractivity contribution in [3.05, 3.63) is 34.8 Å². The van der Waals surface area contributed by atoms with Crippen LogP contribution in [0.5, 0.6) is 11.5 Å². The van der Waals surface area contributed by atoms with Crippen molar-refractivity contribution in [3.8, 4) is 11.5 Å². The molecule has 0 aliphatic heterocycles. The number of hydrogen-bond donors (Lipinski definition) is 0. The normalized spacial score (nSPS) is 10.9. The van der Waals surface area contributed by atoms with Crippen molar-refractivity contribution in [2.24, 2.45) is 0 Å². The van der Waals surface area contributed by atoms with E-state index in [-0.39, 0.29) is 19.4 Å². The summed E-state index contributed by atoms with van der Waals surface area (Å²) >= 11 is 3.32. The van der Waals surface area contributed by atoms with Crippen LogP contribution in [0.3, 0.4) is 0 Å². The molecule has 5 nitrogen and oxygen atoms in total. The van der Waals surface area contributed by atoms with Gasteiger partial charge in [0.25, 0.3) is 0 Å². The lowest BCUT2D eigenvalue weighted by Crippen LogP contribution is -2.12. The van der Waals surface area contributed by atoms with E-state index in [1.165, 1.54) is 52.1 Å². The third-order valence-corrected chi connectivity index (χ3v) is 4.86. The topological polar surface area (TPSA) is 61.8 Å². The summed E-state index contributed by atoms with van der Waals surface area (Å²) in [5.74, 6) is -0.147. The Labute approximate surface area is 182 Å². The second-order valence-corrected chi connectivity index (χ2v) is 7.75. The Hall–Kier alpha value is -1.82. The Balaban J connectivity index is 2.11. The number of methoxy groups -OCH3 is 1. The lowest BCUT2D eigenvalue weighted by molar-refractivity contribution is -0.146. The molecule has 0 saturated carbocycles. The van der Waals surface area contributed by atoms with Crippen molar-refractivity contribution in [1.82, 2.24) is 0 Å². The van der Waals surface area contributed by atoms with Gasteiger partial charge in [-0.2, -0.15) is 0 Å². The molecule has 0 spiro atoms. The van der Waals surface area contributed by atoms with Crippen LogP contribution in [0.1, 0.15) is 71.1 Å². The Morgan fingerprint density at radius 3 is 2.34 bits per heavy atom. The Morgan fingerprint density at radius 2 is 1.62 bits per heavy atom. The first kappa shape index (κ1) is 25.2. The van der Waals surface area contributed by atoms with Gasteiger partial charge in [-0.3, -0.25) is 9.59 Å². The highest BCUT2D eigenvalue weighted by Crippen LogP contribution is 2.30. The van der Waals surface area contributed by atoms with E-state index in [9.17, 15) is 9.59 Å². The Kier molecular flexibility index (Phi) is 13.9. The van der Waals surface area contributed by atoms with Crippen molar-refractivity contribution in [1.29, 1.82) is 0 Å². The first-order valence-corrected chi connectivity index (χ1v) is 11.2. The van der Waals surface area contributed by atoms with Crippen LogP contribution in [0.25, 0.3) is 0 Å². The van der Waals surface area contributed by atoms with E-state index in [1.807, 2.05) is 12.2 Å². The summed E-state index contributed by atoms with van der Waals surface area (Å²) < 4.78 is 16.3. The Bertz CT molecular complexity index is 642. The van der Waals surface area contributed by atoms with Crippen LogP contribution in [-0.4, -0.2) is 25.7 Å². The fourth-order valence-corrected chi connectivity index (χ4v) is 3.06. The molecular formula is C23H33BrO5. The zero-order valence-electron chi connectivity index (χ0n) is 17.6. The number of halogens is 1. The highest BCUT2D eigenvalue weighted by Gasteiger charge is 2.13. The van der Waals surface area contributed by atoms with Crippen molar-refractivity contribution < 1.29 is 23.8 Å². The van der Waals surface area contributed by atoms with Crippen molar-refractivity contribution in [2.45, 2.75) is 71.1 Å². The van der Waals surface area contributed by atoms with E-state index in [0.717, 1.165) is 10.9 Å². The van der Waals surface area contributed by atoms with Gasteiger partial charge in [0.05, 0.1) is 20.0 Å². The molecule has 1 aromatic rings. The fraction of sp³-hybridized carbons (Fsp3) is 0.565. The monoisotopic (exact) mass is 468 g/mol. The smallest absolute Gasteiger partial charge is 0.311 e. The molecule has 1 rings (SSSR count). The van der Waals surface area contributed by atoms with Gasteiger partial charge in [-0.25, -0.2) is 0 Å². The number of ether oxygens (including phenoxy) is 3. The fourth-order valence-electron chi connectivity index (χ4n) is 2.72. The summed E-state index contributed by atoms with van der Waals surface area (Å²) in [6, 6.07) is 5.09. The molecule has 1 aromatic carbocycles. The molecule has 0 aliphatic carbocycles. The van der Waals surface area contributed by atoms with Gasteiger partial charge in [0, 0.05) is 4.47 Å². The van der Waals surface area contributed by atoms with Crippen LogP contribution in [0.4, 0.5) is 0 Å². The van der Waals surface area contributed by atoms with Crippen LogP contribution < -0.4 is 9.47 Å². The minimum atomic E-state index is -0.503. The number of rotatable bonds is 15. The SMILES string of the molecule is CCCCCCCCC/C=C/COC(=O)CCC(=O)Oc1ccc(Br)cc1OC. The molecule has 0 heterocycles. The lowest BCUT2D eigenvalue weighted by atomic mass is 10.1. The zero-order valence-corrected chi connectivity index (χ0v) is 19.2. The number of carbonyl (C=O) groups excluding carboxylic acids is 2. The first-order valence-electron chi connectivity index (χ1n) is 10.4. The number of benzene rings is 1. The highest BCUT2D eigenvalue weighted by atomic mass is 79.9. The molecule has 162 valence electrons. The summed E-state index contributed by atoms with van der Waals surface area (Å²) in [5, 5.41) is 0. The molecular weight excluding hydrogens is 436 g/mol. The van der Waals surface area contributed by atoms with Gasteiger partial charge >= 0.3 is 11.9 Å². The predicted molar refractivity (Wildman–Crippen MR) is 118 cm³/mol. The number of unbranched alkanes of at least 4 members (excludes halogenated alkanes) is 7. The maximum Gasteiger partial charge on any atom is 0.311 e. The second-order valence-electron chi connectivity index (χ2n) is 6.83. The largest absolute Gasteiger partial charge is 0.493 e. The first-order chi connectivity index (χ1) is 14.1. The van der Waals surface area contributed by atoms with E-state index in [4.69, 9.17) is 14.2 Å². The molecule has 0 N–H and O–H groups in total. The van der Waals surface area contributed by atoms with Crippen molar-refractivity contribution in [3.63, 3.8) is 0 Å². The molecule has 0 aromatic heterocycles. The quantitative estimate of drug-likeness (QED) is 0.129. The molecule has 0 aliphatic rings. The maximum absolute atomic E-state index is 11.9. The molecule has 6 heteroatoms. The van der Waals surface area contributed by atoms with E-state index in [0.29, 0.717) is 11.5 Å². The summed E-state index contributed by atoms with van der Waals surface area (Å²) in [6.07, 6.45) is 13.9. The van der Waals surface area contributed by atoms with Crippen LogP contribution in [0.15, 0.2) is 34.8 Å². The third kappa shape index (κ3) is 12.4. The van der Waals surface area contributed by atoms with Gasteiger partial charge in [-0.1, -0.05) is 73.5 Å². The summed E-state index contributed by atoms with van der Waals surface area (Å²) in [5.41, 5.74) is 0. The van der Waals surface area contributed by atoms with Gasteiger partial charge in [-0.05, 0) is 31.0 Å². The molecule has 0 radical (unpaired) electrons. The van der Waals surface area contributed by atoms with E-state index < -0.39 is 11.9 Å². The van der Waals surface area contributed by atoms with Crippen LogP contribution in [0, 0.1) is 0 Å². The second kappa shape index (κ2) is 16.0. The standard InChI is InChI=1S/C23H33BrO5/c1-3-4-5-6-7-8-9-10-11-12-17-28-22(25)15-16-23(26)29-20-14-13-19(24)18-21(20)27-2/h11-14,18H,3-10,15-17H2,1-2H3/b12-11+. The Morgan fingerprint density at radius 1 is 0.931 bits per heavy atom. The zero-order chi connectivity index (χ0) is 21.3. The number of allylic oxidation sites excluding steroid dienone is 1. The van der Waals surface area contributed by atoms with Crippen molar-refractivity contribution in [2.75, 3.05) is 13.7 Å². The summed E-state index contributed by atoms with van der Waals surface area (Å²) in [7, 11) is 1.50. The van der Waals surface area contributed by atoms with Gasteiger partial charge in [-0.15, -0.1) is 0 Å². The molecule has 0 bridgehead atoms. The van der Waals surface area contributed by atoms with Crippen LogP contribution in [0.2, 0.25) is 0 Å². The summed E-state index contributed by atoms with van der Waals surface area (Å²) in [6.45, 7) is 2.47. The van der Waals surface area contributed by atoms with E-state index in [2.05, 4.69) is 22.9 Å². The van der Waals surface area contributed by atoms with E-state index >= 15 is 0 Å². The van der Waals surface area contributed by atoms with Crippen LogP contribution >= 0.6 is 15.9 Å². The minimum absolute atomic E-state index is 0.0106. The lowest BCUT2D eigenvalue weighted by Gasteiger charge is -2.09. The average molecular weight is 469 g/mol. The molecule has 29 heavy (non-hydrogen) atoms.